The summed E-state index contributed by atoms with van der Waals surface area (Å²) in [5, 5.41) is 0. The van der Waals surface area contributed by atoms with E-state index in [1.165, 1.54) is 24.3 Å². The quantitative estimate of drug-likeness (QED) is 0.624. The summed E-state index contributed by atoms with van der Waals surface area (Å²) in [5.41, 5.74) is 0.250. The van der Waals surface area contributed by atoms with E-state index in [4.69, 9.17) is 0 Å². The van der Waals surface area contributed by atoms with Crippen LogP contribution in [-0.4, -0.2) is 30.8 Å². The molecular weight excluding hydrogens is 272 g/mol. The monoisotopic (exact) mass is 283 g/mol. The molecule has 1 aliphatic rings. The summed E-state index contributed by atoms with van der Waals surface area (Å²) < 4.78 is 28.3. The third-order valence-electron chi connectivity index (χ3n) is 2.73. The molecule has 5 nitrogen and oxygen atoms in total. The smallest absolute Gasteiger partial charge is 0.338 e. The average molecular weight is 283 g/mol. The number of nitrogens with zero attached hydrogens (tertiary/aromatic N) is 1. The molecule has 7 heteroatoms. The second kappa shape index (κ2) is 5.77. The highest BCUT2D eigenvalue weighted by molar-refractivity contribution is 6.20. The fraction of sp³-hybridized carbons (Fsp3) is 0.308. The van der Waals surface area contributed by atoms with Gasteiger partial charge in [-0.05, 0) is 18.2 Å². The van der Waals surface area contributed by atoms with Crippen LogP contribution in [0.15, 0.2) is 24.3 Å². The summed E-state index contributed by atoms with van der Waals surface area (Å²) in [4.78, 5) is 35.7. The number of carbonyl (C=O) groups is 3. The van der Waals surface area contributed by atoms with Gasteiger partial charge in [0, 0.05) is 12.8 Å². The van der Waals surface area contributed by atoms with Gasteiger partial charge in [0.25, 0.3) is 6.43 Å². The standard InChI is InChI=1S/C13H11F2NO4/c14-10(15)7-20-13(19)8-2-1-3-9(6-8)16-11(17)4-5-12(16)18/h1-3,6,10H,4-5,7H2. The van der Waals surface area contributed by atoms with E-state index < -0.39 is 19.0 Å². The van der Waals surface area contributed by atoms with Crippen molar-refractivity contribution in [1.82, 2.24) is 0 Å². The van der Waals surface area contributed by atoms with E-state index in [2.05, 4.69) is 4.74 Å². The molecule has 106 valence electrons. The lowest BCUT2D eigenvalue weighted by molar-refractivity contribution is -0.121. The van der Waals surface area contributed by atoms with Crippen molar-refractivity contribution in [2.75, 3.05) is 11.5 Å². The molecule has 2 amide bonds. The fourth-order valence-corrected chi connectivity index (χ4v) is 1.86. The number of anilines is 1. The third kappa shape index (κ3) is 2.98. The van der Waals surface area contributed by atoms with Gasteiger partial charge in [0.15, 0.2) is 6.61 Å². The molecule has 1 aliphatic heterocycles. The minimum Gasteiger partial charge on any atom is -0.456 e. The fourth-order valence-electron chi connectivity index (χ4n) is 1.86. The molecule has 1 saturated heterocycles. The van der Waals surface area contributed by atoms with E-state index >= 15 is 0 Å². The molecule has 1 aromatic rings. The molecule has 1 heterocycles. The highest BCUT2D eigenvalue weighted by Gasteiger charge is 2.30. The molecule has 0 aliphatic carbocycles. The van der Waals surface area contributed by atoms with Gasteiger partial charge in [0.05, 0.1) is 11.3 Å². The molecule has 0 saturated carbocycles. The maximum atomic E-state index is 12.0. The van der Waals surface area contributed by atoms with Gasteiger partial charge in [-0.2, -0.15) is 0 Å². The van der Waals surface area contributed by atoms with Crippen LogP contribution >= 0.6 is 0 Å². The zero-order valence-corrected chi connectivity index (χ0v) is 10.3. The number of benzene rings is 1. The molecule has 20 heavy (non-hydrogen) atoms. The van der Waals surface area contributed by atoms with Crippen LogP contribution in [0.25, 0.3) is 0 Å². The molecule has 0 spiro atoms. The van der Waals surface area contributed by atoms with Gasteiger partial charge >= 0.3 is 5.97 Å². The summed E-state index contributed by atoms with van der Waals surface area (Å²) in [5.74, 6) is -1.63. The van der Waals surface area contributed by atoms with E-state index in [1.807, 2.05) is 0 Å². The van der Waals surface area contributed by atoms with Crippen molar-refractivity contribution >= 4 is 23.5 Å². The SMILES string of the molecule is O=C(OCC(F)F)c1cccc(N2C(=O)CCC2=O)c1. The van der Waals surface area contributed by atoms with Crippen LogP contribution in [-0.2, 0) is 14.3 Å². The van der Waals surface area contributed by atoms with Crippen LogP contribution in [0.5, 0.6) is 0 Å². The zero-order chi connectivity index (χ0) is 14.7. The number of esters is 1. The Morgan fingerprint density at radius 1 is 1.25 bits per heavy atom. The summed E-state index contributed by atoms with van der Waals surface area (Å²) in [6.45, 7) is -0.995. The Morgan fingerprint density at radius 3 is 2.50 bits per heavy atom. The van der Waals surface area contributed by atoms with Crippen molar-refractivity contribution in [2.45, 2.75) is 19.3 Å². The van der Waals surface area contributed by atoms with Crippen LogP contribution < -0.4 is 4.90 Å². The van der Waals surface area contributed by atoms with Crippen LogP contribution in [0.2, 0.25) is 0 Å². The topological polar surface area (TPSA) is 63.7 Å². The maximum absolute atomic E-state index is 12.0. The van der Waals surface area contributed by atoms with Crippen LogP contribution in [0.3, 0.4) is 0 Å². The number of imide groups is 1. The number of hydrogen-bond donors (Lipinski definition) is 0. The van der Waals surface area contributed by atoms with E-state index in [9.17, 15) is 23.2 Å². The van der Waals surface area contributed by atoms with E-state index in [0.29, 0.717) is 0 Å². The van der Waals surface area contributed by atoms with Crippen molar-refractivity contribution in [3.05, 3.63) is 29.8 Å². The minimum absolute atomic E-state index is 0.00986. The molecule has 0 bridgehead atoms. The predicted octanol–water partition coefficient (Wildman–Crippen LogP) is 1.76. The van der Waals surface area contributed by atoms with Gasteiger partial charge in [-0.15, -0.1) is 0 Å². The Labute approximate surface area is 113 Å². The molecule has 0 radical (unpaired) electrons. The Morgan fingerprint density at radius 2 is 1.90 bits per heavy atom. The van der Waals surface area contributed by atoms with Crippen LogP contribution in [0, 0.1) is 0 Å². The van der Waals surface area contributed by atoms with Gasteiger partial charge in [0.2, 0.25) is 11.8 Å². The number of ether oxygens (including phenoxy) is 1. The second-order valence-corrected chi connectivity index (χ2v) is 4.16. The first-order chi connectivity index (χ1) is 9.49. The van der Waals surface area contributed by atoms with E-state index in [1.54, 1.807) is 0 Å². The molecule has 1 fully saturated rings. The van der Waals surface area contributed by atoms with Gasteiger partial charge in [-0.25, -0.2) is 13.6 Å². The van der Waals surface area contributed by atoms with E-state index in [-0.39, 0.29) is 35.9 Å². The first-order valence-corrected chi connectivity index (χ1v) is 5.90. The van der Waals surface area contributed by atoms with Crippen LogP contribution in [0.1, 0.15) is 23.2 Å². The number of amides is 2. The van der Waals surface area contributed by atoms with Crippen LogP contribution in [0.4, 0.5) is 14.5 Å². The molecule has 1 aromatic carbocycles. The highest BCUT2D eigenvalue weighted by atomic mass is 19.3. The summed E-state index contributed by atoms with van der Waals surface area (Å²) in [6.07, 6.45) is -2.50. The summed E-state index contributed by atoms with van der Waals surface area (Å²) >= 11 is 0. The van der Waals surface area contributed by atoms with Crippen molar-refractivity contribution in [3.8, 4) is 0 Å². The van der Waals surface area contributed by atoms with Crippen molar-refractivity contribution < 1.29 is 27.9 Å². The molecule has 2 rings (SSSR count). The summed E-state index contributed by atoms with van der Waals surface area (Å²) in [7, 11) is 0. The molecular formula is C13H11F2NO4. The van der Waals surface area contributed by atoms with Gasteiger partial charge in [0.1, 0.15) is 0 Å². The Kier molecular flexibility index (Phi) is 4.07. The number of rotatable bonds is 4. The Balaban J connectivity index is 2.17. The highest BCUT2D eigenvalue weighted by Crippen LogP contribution is 2.23. The van der Waals surface area contributed by atoms with Crippen molar-refractivity contribution in [3.63, 3.8) is 0 Å². The van der Waals surface area contributed by atoms with Gasteiger partial charge in [-0.1, -0.05) is 6.07 Å². The first kappa shape index (κ1) is 14.1. The zero-order valence-electron chi connectivity index (χ0n) is 10.3. The molecule has 0 aromatic heterocycles. The van der Waals surface area contributed by atoms with E-state index in [0.717, 1.165) is 4.90 Å². The maximum Gasteiger partial charge on any atom is 0.338 e. The third-order valence-corrected chi connectivity index (χ3v) is 2.73. The predicted molar refractivity (Wildman–Crippen MR) is 64.5 cm³/mol. The lowest BCUT2D eigenvalue weighted by Gasteiger charge is -2.14. The number of hydrogen-bond acceptors (Lipinski definition) is 4. The average Bonchev–Trinajstić information content (AvgIpc) is 2.75. The lowest BCUT2D eigenvalue weighted by atomic mass is 10.2. The first-order valence-electron chi connectivity index (χ1n) is 5.90. The molecule has 0 unspecified atom stereocenters. The Bertz CT molecular complexity index is 543. The van der Waals surface area contributed by atoms with Crippen molar-refractivity contribution in [2.24, 2.45) is 0 Å². The van der Waals surface area contributed by atoms with Gasteiger partial charge < -0.3 is 4.74 Å². The number of halogens is 2. The van der Waals surface area contributed by atoms with Gasteiger partial charge in [-0.3, -0.25) is 14.5 Å². The largest absolute Gasteiger partial charge is 0.456 e. The Hall–Kier alpha value is -2.31. The normalized spacial score (nSPS) is 15.1. The van der Waals surface area contributed by atoms with Crippen molar-refractivity contribution in [1.29, 1.82) is 0 Å². The lowest BCUT2D eigenvalue weighted by Crippen LogP contribution is -2.28. The minimum atomic E-state index is -2.75. The summed E-state index contributed by atoms with van der Waals surface area (Å²) in [6, 6.07) is 5.58. The molecule has 0 N–H and O–H groups in total. The molecule has 0 atom stereocenters. The second-order valence-electron chi connectivity index (χ2n) is 4.16. The number of alkyl halides is 2. The number of carbonyl (C=O) groups excluding carboxylic acids is 3.